The van der Waals surface area contributed by atoms with Gasteiger partial charge in [0.05, 0.1) is 17.4 Å². The molecule has 0 saturated heterocycles. The molecule has 1 amide bonds. The van der Waals surface area contributed by atoms with Crippen molar-refractivity contribution in [3.8, 4) is 5.75 Å². The standard InChI is InChI=1S/C14H14Cl2N4O2/c1-2-20-8-10(7-18-20)6-17-19-14(21)9-22-13-4-3-11(15)5-12(13)16/h3-8H,2,9H2,1H3,(H,19,21)/b17-6+. The Balaban J connectivity index is 1.80. The number of hydrazone groups is 1. The van der Waals surface area contributed by atoms with Gasteiger partial charge in [-0.15, -0.1) is 0 Å². The smallest absolute Gasteiger partial charge is 0.277 e. The highest BCUT2D eigenvalue weighted by Gasteiger charge is 2.05. The molecule has 0 bridgehead atoms. The third-order valence-corrected chi connectivity index (χ3v) is 3.16. The number of carbonyl (C=O) groups excluding carboxylic acids is 1. The summed E-state index contributed by atoms with van der Waals surface area (Å²) in [5.41, 5.74) is 3.15. The lowest BCUT2D eigenvalue weighted by molar-refractivity contribution is -0.123. The van der Waals surface area contributed by atoms with Crippen molar-refractivity contribution in [1.82, 2.24) is 15.2 Å². The lowest BCUT2D eigenvalue weighted by Gasteiger charge is -2.06. The minimum absolute atomic E-state index is 0.201. The number of nitrogens with zero attached hydrogens (tertiary/aromatic N) is 3. The largest absolute Gasteiger partial charge is 0.482 e. The van der Waals surface area contributed by atoms with Gasteiger partial charge in [-0.3, -0.25) is 9.48 Å². The summed E-state index contributed by atoms with van der Waals surface area (Å²) in [6.07, 6.45) is 4.98. The molecule has 22 heavy (non-hydrogen) atoms. The van der Waals surface area contributed by atoms with Crippen LogP contribution in [-0.2, 0) is 11.3 Å². The molecule has 0 aliphatic carbocycles. The SMILES string of the molecule is CCn1cc(/C=N/NC(=O)COc2ccc(Cl)cc2Cl)cn1. The van der Waals surface area contributed by atoms with Gasteiger partial charge in [-0.25, -0.2) is 5.43 Å². The van der Waals surface area contributed by atoms with E-state index in [1.807, 2.05) is 13.1 Å². The van der Waals surface area contributed by atoms with Crippen LogP contribution in [0.15, 0.2) is 35.7 Å². The van der Waals surface area contributed by atoms with E-state index in [9.17, 15) is 4.79 Å². The second-order valence-electron chi connectivity index (χ2n) is 4.29. The highest BCUT2D eigenvalue weighted by atomic mass is 35.5. The van der Waals surface area contributed by atoms with Crippen LogP contribution in [-0.4, -0.2) is 28.5 Å². The topological polar surface area (TPSA) is 68.5 Å². The van der Waals surface area contributed by atoms with Crippen molar-refractivity contribution in [1.29, 1.82) is 0 Å². The number of carbonyl (C=O) groups is 1. The second-order valence-corrected chi connectivity index (χ2v) is 5.13. The molecule has 1 aromatic heterocycles. The summed E-state index contributed by atoms with van der Waals surface area (Å²) < 4.78 is 7.04. The Kier molecular flexibility index (Phi) is 5.80. The Morgan fingerprint density at radius 1 is 1.50 bits per heavy atom. The molecule has 116 valence electrons. The third kappa shape index (κ3) is 4.75. The first-order valence-corrected chi connectivity index (χ1v) is 7.26. The lowest BCUT2D eigenvalue weighted by atomic mass is 10.3. The van der Waals surface area contributed by atoms with E-state index in [0.29, 0.717) is 15.8 Å². The summed E-state index contributed by atoms with van der Waals surface area (Å²) in [6, 6.07) is 4.77. The number of halogens is 2. The normalized spacial score (nSPS) is 10.9. The maximum absolute atomic E-state index is 11.6. The fraction of sp³-hybridized carbons (Fsp3) is 0.214. The molecule has 2 rings (SSSR count). The van der Waals surface area contributed by atoms with Crippen molar-refractivity contribution in [3.05, 3.63) is 46.2 Å². The fourth-order valence-electron chi connectivity index (χ4n) is 1.57. The van der Waals surface area contributed by atoms with E-state index in [2.05, 4.69) is 15.6 Å². The van der Waals surface area contributed by atoms with E-state index in [1.165, 1.54) is 6.21 Å². The van der Waals surface area contributed by atoms with Crippen molar-refractivity contribution in [2.24, 2.45) is 5.10 Å². The highest BCUT2D eigenvalue weighted by molar-refractivity contribution is 6.35. The molecule has 6 nitrogen and oxygen atoms in total. The third-order valence-electron chi connectivity index (χ3n) is 2.63. The number of nitrogens with one attached hydrogen (secondary N) is 1. The Bertz CT molecular complexity index is 685. The molecule has 0 fully saturated rings. The van der Waals surface area contributed by atoms with Crippen LogP contribution in [0.5, 0.6) is 5.75 Å². The van der Waals surface area contributed by atoms with Crippen LogP contribution in [0.1, 0.15) is 12.5 Å². The van der Waals surface area contributed by atoms with Gasteiger partial charge in [-0.2, -0.15) is 10.2 Å². The van der Waals surface area contributed by atoms with Gasteiger partial charge in [0.1, 0.15) is 5.75 Å². The molecule has 0 radical (unpaired) electrons. The summed E-state index contributed by atoms with van der Waals surface area (Å²) in [6.45, 7) is 2.55. The van der Waals surface area contributed by atoms with Crippen LogP contribution < -0.4 is 10.2 Å². The number of hydrogen-bond acceptors (Lipinski definition) is 4. The average Bonchev–Trinajstić information content (AvgIpc) is 2.94. The van der Waals surface area contributed by atoms with E-state index in [4.69, 9.17) is 27.9 Å². The van der Waals surface area contributed by atoms with Gasteiger partial charge in [0.15, 0.2) is 6.61 Å². The minimum Gasteiger partial charge on any atom is -0.482 e. The zero-order chi connectivity index (χ0) is 15.9. The predicted molar refractivity (Wildman–Crippen MR) is 85.6 cm³/mol. The van der Waals surface area contributed by atoms with Gasteiger partial charge in [-0.1, -0.05) is 23.2 Å². The van der Waals surface area contributed by atoms with Gasteiger partial charge in [0, 0.05) is 23.3 Å². The number of aryl methyl sites for hydroxylation is 1. The summed E-state index contributed by atoms with van der Waals surface area (Å²) in [5, 5.41) is 8.76. The zero-order valence-electron chi connectivity index (χ0n) is 11.8. The molecule has 0 spiro atoms. The van der Waals surface area contributed by atoms with Crippen LogP contribution in [0.4, 0.5) is 0 Å². The number of rotatable bonds is 6. The number of hydrogen-bond donors (Lipinski definition) is 1. The molecule has 2 aromatic rings. The average molecular weight is 341 g/mol. The number of amides is 1. The summed E-state index contributed by atoms with van der Waals surface area (Å²) in [5.74, 6) is -0.0143. The Morgan fingerprint density at radius 2 is 2.32 bits per heavy atom. The first kappa shape index (κ1) is 16.3. The lowest BCUT2D eigenvalue weighted by Crippen LogP contribution is -2.24. The maximum atomic E-state index is 11.6. The van der Waals surface area contributed by atoms with E-state index in [0.717, 1.165) is 12.1 Å². The summed E-state index contributed by atoms with van der Waals surface area (Å²) in [7, 11) is 0. The van der Waals surface area contributed by atoms with E-state index in [1.54, 1.807) is 29.1 Å². The Labute approximate surface area is 137 Å². The fourth-order valence-corrected chi connectivity index (χ4v) is 2.03. The van der Waals surface area contributed by atoms with Crippen molar-refractivity contribution >= 4 is 35.3 Å². The molecule has 0 atom stereocenters. The zero-order valence-corrected chi connectivity index (χ0v) is 13.3. The number of aromatic nitrogens is 2. The first-order chi connectivity index (χ1) is 10.6. The van der Waals surface area contributed by atoms with Crippen LogP contribution in [0.3, 0.4) is 0 Å². The monoisotopic (exact) mass is 340 g/mol. The van der Waals surface area contributed by atoms with Gasteiger partial charge in [-0.05, 0) is 25.1 Å². The second kappa shape index (κ2) is 7.82. The molecular weight excluding hydrogens is 327 g/mol. The quantitative estimate of drug-likeness (QED) is 0.649. The van der Waals surface area contributed by atoms with Crippen LogP contribution in [0, 0.1) is 0 Å². The van der Waals surface area contributed by atoms with Gasteiger partial charge < -0.3 is 4.74 Å². The van der Waals surface area contributed by atoms with Crippen LogP contribution in [0.25, 0.3) is 0 Å². The van der Waals surface area contributed by atoms with E-state index >= 15 is 0 Å². The van der Waals surface area contributed by atoms with Crippen molar-refractivity contribution in [2.45, 2.75) is 13.5 Å². The van der Waals surface area contributed by atoms with Crippen molar-refractivity contribution in [3.63, 3.8) is 0 Å². The molecule has 0 aliphatic rings. The van der Waals surface area contributed by atoms with Gasteiger partial charge in [0.25, 0.3) is 5.91 Å². The van der Waals surface area contributed by atoms with E-state index < -0.39 is 5.91 Å². The predicted octanol–water partition coefficient (Wildman–Crippen LogP) is 2.74. The molecular formula is C14H14Cl2N4O2. The number of benzene rings is 1. The molecule has 1 heterocycles. The van der Waals surface area contributed by atoms with Crippen molar-refractivity contribution in [2.75, 3.05) is 6.61 Å². The van der Waals surface area contributed by atoms with Crippen molar-refractivity contribution < 1.29 is 9.53 Å². The molecule has 1 N–H and O–H groups in total. The van der Waals surface area contributed by atoms with E-state index in [-0.39, 0.29) is 6.61 Å². The molecule has 1 aromatic carbocycles. The summed E-state index contributed by atoms with van der Waals surface area (Å²) >= 11 is 11.7. The summed E-state index contributed by atoms with van der Waals surface area (Å²) in [4.78, 5) is 11.6. The Hall–Kier alpha value is -2.05. The minimum atomic E-state index is -0.398. The maximum Gasteiger partial charge on any atom is 0.277 e. The highest BCUT2D eigenvalue weighted by Crippen LogP contribution is 2.27. The number of ether oxygens (including phenoxy) is 1. The van der Waals surface area contributed by atoms with Crippen LogP contribution in [0.2, 0.25) is 10.0 Å². The molecule has 0 unspecified atom stereocenters. The molecule has 0 saturated carbocycles. The van der Waals surface area contributed by atoms with Crippen LogP contribution >= 0.6 is 23.2 Å². The van der Waals surface area contributed by atoms with Gasteiger partial charge >= 0.3 is 0 Å². The van der Waals surface area contributed by atoms with Gasteiger partial charge in [0.2, 0.25) is 0 Å². The Morgan fingerprint density at radius 3 is 3.00 bits per heavy atom. The molecule has 8 heteroatoms. The molecule has 0 aliphatic heterocycles. The first-order valence-electron chi connectivity index (χ1n) is 6.50.